The van der Waals surface area contributed by atoms with Crippen molar-refractivity contribution in [1.29, 1.82) is 0 Å². The molecule has 0 spiro atoms. The van der Waals surface area contributed by atoms with Crippen molar-refractivity contribution in [1.82, 2.24) is 14.7 Å². The number of amides is 4. The summed E-state index contributed by atoms with van der Waals surface area (Å²) in [5.41, 5.74) is 1.46. The summed E-state index contributed by atoms with van der Waals surface area (Å²) in [6, 6.07) is 17.6. The van der Waals surface area contributed by atoms with Crippen LogP contribution in [-0.4, -0.2) is 71.7 Å². The van der Waals surface area contributed by atoms with Crippen LogP contribution in [0.4, 0.5) is 16.2 Å². The molecule has 2 aromatic carbocycles. The number of nitrogens with zero attached hydrogens (tertiary/aromatic N) is 5. The first-order chi connectivity index (χ1) is 14.0. The molecule has 4 rings (SSSR count). The van der Waals surface area contributed by atoms with Crippen LogP contribution in [0.1, 0.15) is 0 Å². The lowest BCUT2D eigenvalue weighted by Crippen LogP contribution is -2.64. The lowest BCUT2D eigenvalue weighted by Gasteiger charge is -2.39. The molecule has 0 aromatic heterocycles. The van der Waals surface area contributed by atoms with Crippen LogP contribution in [-0.2, 0) is 9.59 Å². The van der Waals surface area contributed by atoms with Crippen LogP contribution in [0.2, 0.25) is 0 Å². The standard InChI is InChI=1S/C21H21N5O3/c1-23-19-18(20(28)24(2)21(23)29)25(14-22-19)13-17(27)26(15-9-5-3-6-10-15)16-11-7-4-8-12-16/h3-12,14,18-19H,13H2,1-2H3/t18-,19+/m1/s1. The number of carbonyl (C=O) groups excluding carboxylic acids is 3. The van der Waals surface area contributed by atoms with Crippen molar-refractivity contribution < 1.29 is 14.4 Å². The Morgan fingerprint density at radius 3 is 2.07 bits per heavy atom. The lowest BCUT2D eigenvalue weighted by atomic mass is 10.1. The molecule has 0 bridgehead atoms. The Kier molecular flexibility index (Phi) is 4.75. The monoisotopic (exact) mass is 391 g/mol. The van der Waals surface area contributed by atoms with Crippen molar-refractivity contribution >= 4 is 35.6 Å². The first-order valence-corrected chi connectivity index (χ1v) is 9.25. The maximum atomic E-state index is 13.3. The van der Waals surface area contributed by atoms with E-state index < -0.39 is 18.2 Å². The molecule has 1 saturated heterocycles. The Balaban J connectivity index is 1.61. The molecule has 148 valence electrons. The van der Waals surface area contributed by atoms with Gasteiger partial charge in [0, 0.05) is 25.5 Å². The first-order valence-electron chi connectivity index (χ1n) is 9.25. The summed E-state index contributed by atoms with van der Waals surface area (Å²) in [6.45, 7) is -0.0456. The molecule has 2 atom stereocenters. The van der Waals surface area contributed by atoms with Crippen LogP contribution in [0.3, 0.4) is 0 Å². The van der Waals surface area contributed by atoms with Gasteiger partial charge in [0.2, 0.25) is 0 Å². The highest BCUT2D eigenvalue weighted by atomic mass is 16.2. The van der Waals surface area contributed by atoms with Crippen molar-refractivity contribution in [3.63, 3.8) is 0 Å². The van der Waals surface area contributed by atoms with Gasteiger partial charge in [-0.2, -0.15) is 0 Å². The number of hydrogen-bond acceptors (Lipinski definition) is 5. The minimum Gasteiger partial charge on any atom is -0.338 e. The molecule has 8 nitrogen and oxygen atoms in total. The Morgan fingerprint density at radius 2 is 1.52 bits per heavy atom. The van der Waals surface area contributed by atoms with Gasteiger partial charge in [-0.05, 0) is 24.3 Å². The average Bonchev–Trinajstić information content (AvgIpc) is 3.16. The molecule has 4 amide bonds. The molecule has 0 radical (unpaired) electrons. The van der Waals surface area contributed by atoms with E-state index in [1.54, 1.807) is 16.8 Å². The van der Waals surface area contributed by atoms with Gasteiger partial charge < -0.3 is 9.80 Å². The highest BCUT2D eigenvalue weighted by molar-refractivity contribution is 6.05. The van der Waals surface area contributed by atoms with Crippen molar-refractivity contribution in [2.24, 2.45) is 4.99 Å². The average molecular weight is 391 g/mol. The summed E-state index contributed by atoms with van der Waals surface area (Å²) in [7, 11) is 3.04. The fraction of sp³-hybridized carbons (Fsp3) is 0.238. The number of carbonyl (C=O) groups is 3. The van der Waals surface area contributed by atoms with E-state index in [1.165, 1.54) is 18.3 Å². The van der Waals surface area contributed by atoms with Crippen molar-refractivity contribution in [3.05, 3.63) is 60.7 Å². The molecular weight excluding hydrogens is 370 g/mol. The molecule has 0 N–H and O–H groups in total. The fourth-order valence-electron chi connectivity index (χ4n) is 3.66. The van der Waals surface area contributed by atoms with E-state index >= 15 is 0 Å². The van der Waals surface area contributed by atoms with Crippen LogP contribution < -0.4 is 4.90 Å². The maximum absolute atomic E-state index is 13.3. The summed E-state index contributed by atoms with van der Waals surface area (Å²) in [5, 5.41) is 0. The van der Waals surface area contributed by atoms with Crippen LogP contribution in [0.15, 0.2) is 65.7 Å². The number of hydrogen-bond donors (Lipinski definition) is 0. The number of para-hydroxylation sites is 2. The molecule has 2 aromatic rings. The van der Waals surface area contributed by atoms with E-state index in [0.717, 1.165) is 16.3 Å². The van der Waals surface area contributed by atoms with Gasteiger partial charge in [0.05, 0.1) is 12.9 Å². The van der Waals surface area contributed by atoms with Crippen LogP contribution in [0.25, 0.3) is 0 Å². The molecule has 1 fully saturated rings. The number of anilines is 2. The second-order valence-corrected chi connectivity index (χ2v) is 6.99. The molecule has 8 heteroatoms. The van der Waals surface area contributed by atoms with Crippen molar-refractivity contribution in [3.8, 4) is 0 Å². The second kappa shape index (κ2) is 7.38. The van der Waals surface area contributed by atoms with E-state index in [9.17, 15) is 14.4 Å². The largest absolute Gasteiger partial charge is 0.338 e. The third-order valence-electron chi connectivity index (χ3n) is 5.17. The third kappa shape index (κ3) is 3.22. The number of benzene rings is 2. The van der Waals surface area contributed by atoms with Crippen molar-refractivity contribution in [2.45, 2.75) is 12.2 Å². The molecule has 0 aliphatic carbocycles. The minimum atomic E-state index is -0.708. The highest BCUT2D eigenvalue weighted by Crippen LogP contribution is 2.28. The summed E-state index contributed by atoms with van der Waals surface area (Å²) in [6.07, 6.45) is 0.864. The minimum absolute atomic E-state index is 0.0456. The molecule has 2 aliphatic rings. The molecule has 29 heavy (non-hydrogen) atoms. The first kappa shape index (κ1) is 18.7. The highest BCUT2D eigenvalue weighted by Gasteiger charge is 2.48. The Labute approximate surface area is 168 Å². The van der Waals surface area contributed by atoms with Gasteiger partial charge in [0.1, 0.15) is 0 Å². The zero-order valence-corrected chi connectivity index (χ0v) is 16.2. The topological polar surface area (TPSA) is 76.5 Å². The summed E-state index contributed by atoms with van der Waals surface area (Å²) < 4.78 is 0. The van der Waals surface area contributed by atoms with Gasteiger partial charge in [-0.3, -0.25) is 19.4 Å². The Hall–Kier alpha value is -3.68. The van der Waals surface area contributed by atoms with Crippen LogP contribution >= 0.6 is 0 Å². The Morgan fingerprint density at radius 1 is 0.966 bits per heavy atom. The van der Waals surface area contributed by atoms with E-state index in [-0.39, 0.29) is 18.4 Å². The quantitative estimate of drug-likeness (QED) is 0.798. The van der Waals surface area contributed by atoms with E-state index in [0.29, 0.717) is 0 Å². The van der Waals surface area contributed by atoms with E-state index in [1.807, 2.05) is 60.7 Å². The molecule has 0 saturated carbocycles. The Bertz CT molecular complexity index is 923. The van der Waals surface area contributed by atoms with Crippen LogP contribution in [0.5, 0.6) is 0 Å². The second-order valence-electron chi connectivity index (χ2n) is 6.99. The van der Waals surface area contributed by atoms with Gasteiger partial charge >= 0.3 is 6.03 Å². The van der Waals surface area contributed by atoms with Gasteiger partial charge in [-0.25, -0.2) is 9.79 Å². The predicted octanol–water partition coefficient (Wildman–Crippen LogP) is 1.91. The van der Waals surface area contributed by atoms with Gasteiger partial charge in [-0.15, -0.1) is 0 Å². The predicted molar refractivity (Wildman–Crippen MR) is 109 cm³/mol. The molecule has 2 heterocycles. The molecule has 0 unspecified atom stereocenters. The number of aliphatic imine (C=N–C) groups is 1. The number of imide groups is 1. The van der Waals surface area contributed by atoms with E-state index in [4.69, 9.17) is 0 Å². The number of fused-ring (bicyclic) bond motifs is 1. The summed E-state index contributed by atoms with van der Waals surface area (Å²) in [5.74, 6) is -0.570. The lowest BCUT2D eigenvalue weighted by molar-refractivity contribution is -0.136. The molecule has 2 aliphatic heterocycles. The summed E-state index contributed by atoms with van der Waals surface area (Å²) >= 11 is 0. The summed E-state index contributed by atoms with van der Waals surface area (Å²) in [4.78, 5) is 48.2. The third-order valence-corrected chi connectivity index (χ3v) is 5.17. The maximum Gasteiger partial charge on any atom is 0.328 e. The molecular formula is C21H21N5O3. The zero-order valence-electron chi connectivity index (χ0n) is 16.2. The fourth-order valence-corrected chi connectivity index (χ4v) is 3.66. The van der Waals surface area contributed by atoms with E-state index in [2.05, 4.69) is 4.99 Å². The smallest absolute Gasteiger partial charge is 0.328 e. The number of urea groups is 1. The van der Waals surface area contributed by atoms with Gasteiger partial charge in [0.25, 0.3) is 11.8 Å². The SMILES string of the molecule is CN1C(=O)[C@H]2[C@@H](N=CN2CC(=O)N(c2ccccc2)c2ccccc2)N(C)C1=O. The van der Waals surface area contributed by atoms with Gasteiger partial charge in [-0.1, -0.05) is 36.4 Å². The van der Waals surface area contributed by atoms with Crippen LogP contribution in [0, 0.1) is 0 Å². The zero-order chi connectivity index (χ0) is 20.5. The van der Waals surface area contributed by atoms with Gasteiger partial charge in [0.15, 0.2) is 12.2 Å². The van der Waals surface area contributed by atoms with Crippen molar-refractivity contribution in [2.75, 3.05) is 25.5 Å². The normalized spacial score (nSPS) is 20.8. The number of rotatable bonds is 4. The number of likely N-dealkylation sites (N-methyl/N-ethyl adjacent to an activating group) is 2.